The van der Waals surface area contributed by atoms with Gasteiger partial charge in [-0.05, 0) is 77.9 Å². The Balaban J connectivity index is 1.32. The van der Waals surface area contributed by atoms with Crippen molar-refractivity contribution in [2.24, 2.45) is 0 Å². The maximum absolute atomic E-state index is 9.94. The van der Waals surface area contributed by atoms with Gasteiger partial charge < -0.3 is 9.13 Å². The van der Waals surface area contributed by atoms with Gasteiger partial charge in [0.2, 0.25) is 0 Å². The Morgan fingerprint density at radius 2 is 1.00 bits per heavy atom. The molecule has 0 aliphatic carbocycles. The summed E-state index contributed by atoms with van der Waals surface area (Å²) in [6, 6.07) is 59.0. The number of aromatic nitrogens is 2. The van der Waals surface area contributed by atoms with Gasteiger partial charge in [-0.2, -0.15) is 10.5 Å². The fourth-order valence-electron chi connectivity index (χ4n) is 7.26. The standard InChI is InChI=1S/C44H26N4/c45-27-29-18-19-32(28-46)37(24-29)31-20-22-43(38(25-31)30-10-2-1-3-11-30)48-42-17-9-6-14-36(42)39-26-33(21-23-44(39)48)47-40-15-7-4-12-34(40)35-13-5-8-16-41(35)47/h1-26H. The first-order valence-corrected chi connectivity index (χ1v) is 15.9. The van der Waals surface area contributed by atoms with E-state index >= 15 is 0 Å². The van der Waals surface area contributed by atoms with E-state index in [9.17, 15) is 10.5 Å². The van der Waals surface area contributed by atoms with Gasteiger partial charge in [0.25, 0.3) is 0 Å². The predicted octanol–water partition coefficient (Wildman–Crippen LogP) is 11.0. The molecule has 222 valence electrons. The summed E-state index contributed by atoms with van der Waals surface area (Å²) in [6.07, 6.45) is 0. The summed E-state index contributed by atoms with van der Waals surface area (Å²) >= 11 is 0. The summed E-state index contributed by atoms with van der Waals surface area (Å²) in [4.78, 5) is 0. The molecule has 0 spiro atoms. The Bertz CT molecular complexity index is 2750. The smallest absolute Gasteiger partial charge is 0.0998 e. The molecule has 0 saturated heterocycles. The molecular formula is C44H26N4. The van der Waals surface area contributed by atoms with Crippen LogP contribution in [0.15, 0.2) is 158 Å². The number of benzene rings is 7. The lowest BCUT2D eigenvalue weighted by molar-refractivity contribution is 1.17. The van der Waals surface area contributed by atoms with Crippen molar-refractivity contribution in [1.29, 1.82) is 10.5 Å². The van der Waals surface area contributed by atoms with E-state index in [0.29, 0.717) is 11.1 Å². The van der Waals surface area contributed by atoms with Crippen LogP contribution in [0.3, 0.4) is 0 Å². The monoisotopic (exact) mass is 610 g/mol. The van der Waals surface area contributed by atoms with Crippen LogP contribution in [-0.4, -0.2) is 9.13 Å². The first-order chi connectivity index (χ1) is 23.7. The number of rotatable bonds is 4. The molecule has 0 saturated carbocycles. The van der Waals surface area contributed by atoms with Gasteiger partial charge in [0, 0.05) is 38.4 Å². The van der Waals surface area contributed by atoms with Crippen LogP contribution in [0.2, 0.25) is 0 Å². The highest BCUT2D eigenvalue weighted by Gasteiger charge is 2.19. The van der Waals surface area contributed by atoms with Crippen LogP contribution >= 0.6 is 0 Å². The molecule has 0 N–H and O–H groups in total. The molecule has 4 nitrogen and oxygen atoms in total. The van der Waals surface area contributed by atoms with Gasteiger partial charge in [0.15, 0.2) is 0 Å². The van der Waals surface area contributed by atoms with Gasteiger partial charge >= 0.3 is 0 Å². The second-order valence-corrected chi connectivity index (χ2v) is 12.0. The van der Waals surface area contributed by atoms with E-state index in [1.807, 2.05) is 18.2 Å². The average molecular weight is 611 g/mol. The normalized spacial score (nSPS) is 11.3. The van der Waals surface area contributed by atoms with Gasteiger partial charge in [-0.15, -0.1) is 0 Å². The molecule has 0 aliphatic heterocycles. The SMILES string of the molecule is N#Cc1ccc(C#N)c(-c2ccc(-n3c4ccccc4c4cc(-n5c6ccccc6c6ccccc65)ccc43)c(-c3ccccc3)c2)c1. The van der Waals surface area contributed by atoms with Crippen molar-refractivity contribution >= 4 is 43.6 Å². The molecule has 9 rings (SSSR count). The van der Waals surface area contributed by atoms with Crippen molar-refractivity contribution < 1.29 is 0 Å². The zero-order valence-corrected chi connectivity index (χ0v) is 25.8. The molecule has 0 atom stereocenters. The minimum absolute atomic E-state index is 0.524. The quantitative estimate of drug-likeness (QED) is 0.199. The van der Waals surface area contributed by atoms with Crippen molar-refractivity contribution in [3.8, 4) is 45.8 Å². The predicted molar refractivity (Wildman–Crippen MR) is 195 cm³/mol. The molecule has 0 fully saturated rings. The Morgan fingerprint density at radius 3 is 1.67 bits per heavy atom. The molecular weight excluding hydrogens is 585 g/mol. The molecule has 2 aromatic heterocycles. The molecule has 0 radical (unpaired) electrons. The van der Waals surface area contributed by atoms with E-state index in [2.05, 4.69) is 143 Å². The first-order valence-electron chi connectivity index (χ1n) is 15.9. The third kappa shape index (κ3) is 4.14. The highest BCUT2D eigenvalue weighted by Crippen LogP contribution is 2.40. The average Bonchev–Trinajstić information content (AvgIpc) is 3.67. The van der Waals surface area contributed by atoms with Crippen LogP contribution in [0.25, 0.3) is 77.2 Å². The lowest BCUT2D eigenvalue weighted by Crippen LogP contribution is -1.99. The number of hydrogen-bond donors (Lipinski definition) is 0. The summed E-state index contributed by atoms with van der Waals surface area (Å²) in [5.74, 6) is 0. The van der Waals surface area contributed by atoms with Crippen LogP contribution in [0.4, 0.5) is 0 Å². The van der Waals surface area contributed by atoms with Gasteiger partial charge in [0.05, 0.1) is 51.0 Å². The van der Waals surface area contributed by atoms with Crippen LogP contribution in [0.5, 0.6) is 0 Å². The zero-order chi connectivity index (χ0) is 32.2. The number of fused-ring (bicyclic) bond motifs is 6. The molecule has 0 amide bonds. The van der Waals surface area contributed by atoms with Crippen molar-refractivity contribution in [2.45, 2.75) is 0 Å². The number of nitriles is 2. The summed E-state index contributed by atoms with van der Waals surface area (Å²) in [7, 11) is 0. The maximum atomic E-state index is 9.94. The van der Waals surface area contributed by atoms with E-state index in [4.69, 9.17) is 0 Å². The van der Waals surface area contributed by atoms with Gasteiger partial charge in [-0.1, -0.05) is 91.0 Å². The van der Waals surface area contributed by atoms with E-state index < -0.39 is 0 Å². The molecule has 0 bridgehead atoms. The van der Waals surface area contributed by atoms with Crippen LogP contribution < -0.4 is 0 Å². The largest absolute Gasteiger partial charge is 0.309 e. The van der Waals surface area contributed by atoms with Gasteiger partial charge in [-0.25, -0.2) is 0 Å². The van der Waals surface area contributed by atoms with E-state index in [0.717, 1.165) is 44.7 Å². The third-order valence-corrected chi connectivity index (χ3v) is 9.40. The number of hydrogen-bond acceptors (Lipinski definition) is 2. The molecule has 9 aromatic rings. The molecule has 0 unspecified atom stereocenters. The van der Waals surface area contributed by atoms with E-state index in [1.165, 1.54) is 32.6 Å². The van der Waals surface area contributed by atoms with Crippen molar-refractivity contribution in [2.75, 3.05) is 0 Å². The summed E-state index contributed by atoms with van der Waals surface area (Å²) in [5, 5.41) is 24.4. The topological polar surface area (TPSA) is 57.4 Å². The molecule has 2 heterocycles. The van der Waals surface area contributed by atoms with E-state index in [-0.39, 0.29) is 0 Å². The van der Waals surface area contributed by atoms with Crippen LogP contribution in [-0.2, 0) is 0 Å². The molecule has 4 heteroatoms. The van der Waals surface area contributed by atoms with Crippen LogP contribution in [0.1, 0.15) is 11.1 Å². The molecule has 0 aliphatic rings. The van der Waals surface area contributed by atoms with Crippen molar-refractivity contribution in [3.05, 3.63) is 169 Å². The maximum Gasteiger partial charge on any atom is 0.0998 e. The second-order valence-electron chi connectivity index (χ2n) is 12.0. The Labute approximate surface area is 277 Å². The highest BCUT2D eigenvalue weighted by molar-refractivity contribution is 6.12. The first kappa shape index (κ1) is 27.4. The van der Waals surface area contributed by atoms with E-state index in [1.54, 1.807) is 18.2 Å². The van der Waals surface area contributed by atoms with Gasteiger partial charge in [0.1, 0.15) is 0 Å². The fraction of sp³-hybridized carbons (Fsp3) is 0. The number of nitrogens with zero attached hydrogens (tertiary/aromatic N) is 4. The molecule has 48 heavy (non-hydrogen) atoms. The summed E-state index contributed by atoms with van der Waals surface area (Å²) in [6.45, 7) is 0. The second kappa shape index (κ2) is 10.9. The van der Waals surface area contributed by atoms with Crippen molar-refractivity contribution in [1.82, 2.24) is 9.13 Å². The Kier molecular flexibility index (Phi) is 6.22. The minimum atomic E-state index is 0.524. The minimum Gasteiger partial charge on any atom is -0.309 e. The molecule has 7 aromatic carbocycles. The lowest BCUT2D eigenvalue weighted by Gasteiger charge is -2.17. The third-order valence-electron chi connectivity index (χ3n) is 9.40. The number of para-hydroxylation sites is 3. The summed E-state index contributed by atoms with van der Waals surface area (Å²) < 4.78 is 4.71. The Hall–Kier alpha value is -6.88. The zero-order valence-electron chi connectivity index (χ0n) is 25.8. The lowest BCUT2D eigenvalue weighted by atomic mass is 9.93. The Morgan fingerprint density at radius 1 is 0.396 bits per heavy atom. The highest BCUT2D eigenvalue weighted by atomic mass is 15.0. The fourth-order valence-corrected chi connectivity index (χ4v) is 7.26. The van der Waals surface area contributed by atoms with Crippen LogP contribution in [0, 0.1) is 22.7 Å². The summed E-state index contributed by atoms with van der Waals surface area (Å²) in [5.41, 5.74) is 11.5. The van der Waals surface area contributed by atoms with Gasteiger partial charge in [-0.3, -0.25) is 0 Å². The van der Waals surface area contributed by atoms with Crippen molar-refractivity contribution in [3.63, 3.8) is 0 Å².